The van der Waals surface area contributed by atoms with Crippen LogP contribution in [0.3, 0.4) is 0 Å². The molecule has 0 N–H and O–H groups in total. The first-order valence-corrected chi connectivity index (χ1v) is 7.85. The Morgan fingerprint density at radius 3 is 2.33 bits per heavy atom. The van der Waals surface area contributed by atoms with Crippen molar-refractivity contribution in [2.24, 2.45) is 0 Å². The van der Waals surface area contributed by atoms with Crippen molar-refractivity contribution in [2.75, 3.05) is 43.1 Å². The van der Waals surface area contributed by atoms with Gasteiger partial charge in [0.25, 0.3) is 0 Å². The summed E-state index contributed by atoms with van der Waals surface area (Å²) < 4.78 is 5.22. The summed E-state index contributed by atoms with van der Waals surface area (Å²) in [6.45, 7) is 7.65. The van der Waals surface area contributed by atoms with E-state index in [4.69, 9.17) is 4.74 Å². The molecule has 21 heavy (non-hydrogen) atoms. The third-order valence-electron chi connectivity index (χ3n) is 3.47. The number of rotatable bonds is 3. The molecule has 7 heteroatoms. The third-order valence-corrected chi connectivity index (χ3v) is 4.49. The molecule has 0 saturated carbocycles. The Balaban J connectivity index is 1.69. The normalized spacial score (nSPS) is 15.4. The van der Waals surface area contributed by atoms with Crippen LogP contribution in [0.1, 0.15) is 11.4 Å². The van der Waals surface area contributed by atoms with Gasteiger partial charge in [0.2, 0.25) is 11.8 Å². The minimum atomic E-state index is 0.621. The van der Waals surface area contributed by atoms with Crippen LogP contribution in [0.25, 0.3) is 0 Å². The van der Waals surface area contributed by atoms with Gasteiger partial charge in [-0.05, 0) is 13.8 Å². The number of thiazole rings is 1. The van der Waals surface area contributed by atoms with Crippen molar-refractivity contribution < 1.29 is 4.74 Å². The molecule has 0 unspecified atom stereocenters. The van der Waals surface area contributed by atoms with Gasteiger partial charge in [-0.15, -0.1) is 11.3 Å². The standard InChI is InChI=1S/C14H19N5OS/c1-10-8-12(20-3)17-13(15-10)18-4-6-19(7-5-18)14-16-11(2)9-21-14/h8-9H,4-7H2,1-3H3. The van der Waals surface area contributed by atoms with Gasteiger partial charge in [-0.1, -0.05) is 0 Å². The zero-order chi connectivity index (χ0) is 14.8. The molecule has 6 nitrogen and oxygen atoms in total. The second-order valence-corrected chi connectivity index (χ2v) is 5.93. The maximum atomic E-state index is 5.22. The molecule has 112 valence electrons. The van der Waals surface area contributed by atoms with E-state index in [0.29, 0.717) is 5.88 Å². The van der Waals surface area contributed by atoms with Crippen LogP contribution in [0, 0.1) is 13.8 Å². The molecule has 3 heterocycles. The highest BCUT2D eigenvalue weighted by Gasteiger charge is 2.21. The van der Waals surface area contributed by atoms with E-state index in [1.807, 2.05) is 19.9 Å². The second-order valence-electron chi connectivity index (χ2n) is 5.10. The maximum Gasteiger partial charge on any atom is 0.228 e. The number of aryl methyl sites for hydroxylation is 2. The molecule has 1 aliphatic rings. The van der Waals surface area contributed by atoms with E-state index in [1.165, 1.54) is 0 Å². The van der Waals surface area contributed by atoms with E-state index >= 15 is 0 Å². The Kier molecular flexibility index (Phi) is 3.92. The Hall–Kier alpha value is -1.89. The first kappa shape index (κ1) is 14.1. The average Bonchev–Trinajstić information content (AvgIpc) is 2.93. The lowest BCUT2D eigenvalue weighted by Gasteiger charge is -2.34. The quantitative estimate of drug-likeness (QED) is 0.863. The summed E-state index contributed by atoms with van der Waals surface area (Å²) >= 11 is 1.71. The SMILES string of the molecule is COc1cc(C)nc(N2CCN(c3nc(C)cs3)CC2)n1. The number of nitrogens with zero attached hydrogens (tertiary/aromatic N) is 5. The highest BCUT2D eigenvalue weighted by atomic mass is 32.1. The van der Waals surface area contributed by atoms with Crippen LogP contribution in [0.2, 0.25) is 0 Å². The Morgan fingerprint density at radius 2 is 1.71 bits per heavy atom. The third kappa shape index (κ3) is 3.07. The van der Waals surface area contributed by atoms with Gasteiger partial charge in [-0.2, -0.15) is 4.98 Å². The fourth-order valence-electron chi connectivity index (χ4n) is 2.36. The first-order chi connectivity index (χ1) is 10.2. The van der Waals surface area contributed by atoms with Crippen LogP contribution < -0.4 is 14.5 Å². The molecule has 2 aromatic heterocycles. The minimum Gasteiger partial charge on any atom is -0.481 e. The molecule has 0 amide bonds. The van der Waals surface area contributed by atoms with Crippen molar-refractivity contribution in [1.29, 1.82) is 0 Å². The molecule has 0 spiro atoms. The predicted molar refractivity (Wildman–Crippen MR) is 84.6 cm³/mol. The molecule has 3 rings (SSSR count). The van der Waals surface area contributed by atoms with Crippen molar-refractivity contribution in [1.82, 2.24) is 15.0 Å². The largest absolute Gasteiger partial charge is 0.481 e. The van der Waals surface area contributed by atoms with E-state index in [-0.39, 0.29) is 0 Å². The van der Waals surface area contributed by atoms with Crippen LogP contribution in [0.5, 0.6) is 5.88 Å². The lowest BCUT2D eigenvalue weighted by Crippen LogP contribution is -2.47. The summed E-state index contributed by atoms with van der Waals surface area (Å²) in [7, 11) is 1.63. The van der Waals surface area contributed by atoms with Crippen LogP contribution in [-0.2, 0) is 0 Å². The molecule has 0 atom stereocenters. The molecular formula is C14H19N5OS. The Morgan fingerprint density at radius 1 is 1.00 bits per heavy atom. The predicted octanol–water partition coefficient (Wildman–Crippen LogP) is 1.89. The molecule has 0 aromatic carbocycles. The fraction of sp³-hybridized carbons (Fsp3) is 0.500. The molecule has 2 aromatic rings. The van der Waals surface area contributed by atoms with Gasteiger partial charge < -0.3 is 14.5 Å². The number of methoxy groups -OCH3 is 1. The zero-order valence-electron chi connectivity index (χ0n) is 12.5. The average molecular weight is 305 g/mol. The minimum absolute atomic E-state index is 0.621. The van der Waals surface area contributed by atoms with Crippen molar-refractivity contribution in [3.63, 3.8) is 0 Å². The van der Waals surface area contributed by atoms with Gasteiger partial charge in [-0.3, -0.25) is 0 Å². The zero-order valence-corrected chi connectivity index (χ0v) is 13.4. The fourth-order valence-corrected chi connectivity index (χ4v) is 3.21. The first-order valence-electron chi connectivity index (χ1n) is 6.97. The number of aromatic nitrogens is 3. The van der Waals surface area contributed by atoms with Crippen molar-refractivity contribution in [2.45, 2.75) is 13.8 Å². The number of piperazine rings is 1. The van der Waals surface area contributed by atoms with Crippen LogP contribution in [-0.4, -0.2) is 48.2 Å². The van der Waals surface area contributed by atoms with Crippen molar-refractivity contribution in [3.8, 4) is 5.88 Å². The summed E-state index contributed by atoms with van der Waals surface area (Å²) in [5.41, 5.74) is 2.01. The maximum absolute atomic E-state index is 5.22. The summed E-state index contributed by atoms with van der Waals surface area (Å²) in [5.74, 6) is 1.37. The Labute approximate surface area is 128 Å². The van der Waals surface area contributed by atoms with Gasteiger partial charge in [0.15, 0.2) is 5.13 Å². The molecule has 1 aliphatic heterocycles. The van der Waals surface area contributed by atoms with E-state index in [0.717, 1.165) is 48.6 Å². The van der Waals surface area contributed by atoms with Crippen LogP contribution >= 0.6 is 11.3 Å². The summed E-state index contributed by atoms with van der Waals surface area (Å²) in [5, 5.41) is 3.20. The van der Waals surface area contributed by atoms with Crippen LogP contribution in [0.15, 0.2) is 11.4 Å². The van der Waals surface area contributed by atoms with E-state index < -0.39 is 0 Å². The number of hydrogen-bond donors (Lipinski definition) is 0. The molecule has 1 fully saturated rings. The topological polar surface area (TPSA) is 54.4 Å². The molecular weight excluding hydrogens is 286 g/mol. The number of anilines is 2. The summed E-state index contributed by atoms with van der Waals surface area (Å²) in [4.78, 5) is 18.0. The van der Waals surface area contributed by atoms with Gasteiger partial charge in [-0.25, -0.2) is 9.97 Å². The van der Waals surface area contributed by atoms with Gasteiger partial charge >= 0.3 is 0 Å². The van der Waals surface area contributed by atoms with Crippen LogP contribution in [0.4, 0.5) is 11.1 Å². The van der Waals surface area contributed by atoms with Gasteiger partial charge in [0, 0.05) is 43.3 Å². The lowest BCUT2D eigenvalue weighted by atomic mass is 10.3. The van der Waals surface area contributed by atoms with Crippen molar-refractivity contribution in [3.05, 3.63) is 22.8 Å². The Bertz CT molecular complexity index is 622. The van der Waals surface area contributed by atoms with E-state index in [9.17, 15) is 0 Å². The summed E-state index contributed by atoms with van der Waals surface area (Å²) in [6, 6.07) is 1.85. The smallest absolute Gasteiger partial charge is 0.228 e. The molecule has 1 saturated heterocycles. The second kappa shape index (κ2) is 5.85. The van der Waals surface area contributed by atoms with Crippen molar-refractivity contribution >= 4 is 22.4 Å². The van der Waals surface area contributed by atoms with E-state index in [2.05, 4.69) is 30.1 Å². The molecule has 0 aliphatic carbocycles. The highest BCUT2D eigenvalue weighted by molar-refractivity contribution is 7.13. The number of hydrogen-bond acceptors (Lipinski definition) is 7. The monoisotopic (exact) mass is 305 g/mol. The molecule has 0 radical (unpaired) electrons. The van der Waals surface area contributed by atoms with Gasteiger partial charge in [0.1, 0.15) is 0 Å². The highest BCUT2D eigenvalue weighted by Crippen LogP contribution is 2.23. The van der Waals surface area contributed by atoms with Gasteiger partial charge in [0.05, 0.1) is 12.8 Å². The molecule has 0 bridgehead atoms. The number of ether oxygens (including phenoxy) is 1. The summed E-state index contributed by atoms with van der Waals surface area (Å²) in [6.07, 6.45) is 0. The van der Waals surface area contributed by atoms with E-state index in [1.54, 1.807) is 18.4 Å². The lowest BCUT2D eigenvalue weighted by molar-refractivity contribution is 0.396.